The molecule has 5 atom stereocenters. The van der Waals surface area contributed by atoms with E-state index in [1.807, 2.05) is 30.3 Å². The van der Waals surface area contributed by atoms with Crippen molar-refractivity contribution in [2.45, 2.75) is 102 Å². The molecule has 1 fully saturated rings. The molecule has 4 amide bonds. The number of ether oxygens (including phenoxy) is 12. The van der Waals surface area contributed by atoms with E-state index in [9.17, 15) is 67.3 Å². The van der Waals surface area contributed by atoms with Crippen molar-refractivity contribution in [1.29, 1.82) is 0 Å². The molecule has 4 aromatic carbocycles. The molecule has 2 heterocycles. The number of rotatable bonds is 62. The summed E-state index contributed by atoms with van der Waals surface area (Å²) in [4.78, 5) is 132. The second kappa shape index (κ2) is 63.3. The number of amides is 4. The molecule has 30 nitrogen and oxygen atoms in total. The number of halogens is 2. The van der Waals surface area contributed by atoms with Gasteiger partial charge in [-0.15, -0.1) is 11.8 Å². The van der Waals surface area contributed by atoms with E-state index >= 15 is 0 Å². The largest absolute Gasteiger partial charge is 0.505 e. The van der Waals surface area contributed by atoms with Gasteiger partial charge >= 0.3 is 18.1 Å². The average molecular weight is 1720 g/mol. The summed E-state index contributed by atoms with van der Waals surface area (Å²) in [5.41, 5.74) is 1.63. The molecule has 1 aliphatic carbocycles. The predicted octanol–water partition coefficient (Wildman–Crippen LogP) is 7.84. The highest BCUT2D eigenvalue weighted by Crippen LogP contribution is 2.43. The van der Waals surface area contributed by atoms with Gasteiger partial charge in [-0.05, 0) is 66.6 Å². The lowest BCUT2D eigenvalue weighted by Gasteiger charge is -2.21. The van der Waals surface area contributed by atoms with Crippen molar-refractivity contribution in [3.8, 4) is 28.2 Å². The summed E-state index contributed by atoms with van der Waals surface area (Å²) in [5, 5.41) is 33.6. The van der Waals surface area contributed by atoms with Crippen LogP contribution in [0.25, 0.3) is 33.4 Å². The fourth-order valence-electron chi connectivity index (χ4n) is 11.5. The number of Topliss-reactive ketones (excluding diaryl/α,β-unsaturated/α-hetero) is 2. The van der Waals surface area contributed by atoms with Crippen molar-refractivity contribution >= 4 is 111 Å². The molecule has 0 aromatic heterocycles. The number of unbranched alkanes of at least 4 members (excludes halogenated alkanes) is 2. The zero-order valence-corrected chi connectivity index (χ0v) is 69.5. The molecule has 5 N–H and O–H groups in total. The summed E-state index contributed by atoms with van der Waals surface area (Å²) in [6.45, 7) is 14.9. The van der Waals surface area contributed by atoms with E-state index in [1.165, 1.54) is 24.3 Å². The highest BCUT2D eigenvalue weighted by atomic mass is 32.2. The Hall–Kier alpha value is -8.68. The Morgan fingerprint density at radius 3 is 1.30 bits per heavy atom. The van der Waals surface area contributed by atoms with Crippen LogP contribution in [-0.2, 0) is 118 Å². The lowest BCUT2D eigenvalue weighted by Crippen LogP contribution is -2.46. The average Bonchev–Trinajstić information content (AvgIpc) is 1.34. The molecule has 0 spiro atoms. The number of carboxylic acids is 2. The molecule has 1 unspecified atom stereocenters. The lowest BCUT2D eigenvalue weighted by atomic mass is 9.92. The van der Waals surface area contributed by atoms with Crippen molar-refractivity contribution < 1.29 is 133 Å². The number of benzene rings is 5. The Balaban J connectivity index is 0.000000676. The van der Waals surface area contributed by atoms with Crippen molar-refractivity contribution in [2.75, 3.05) is 175 Å². The third-order valence-corrected chi connectivity index (χ3v) is 19.3. The highest BCUT2D eigenvalue weighted by Gasteiger charge is 2.41. The molecule has 6 radical (unpaired) electrons. The minimum absolute atomic E-state index is 0. The minimum Gasteiger partial charge on any atom is -0.505 e. The normalized spacial score (nSPS) is 13.3. The van der Waals surface area contributed by atoms with Crippen LogP contribution in [0.4, 0.5) is 14.5 Å². The molecular weight excluding hydrogens is 1610 g/mol. The van der Waals surface area contributed by atoms with Crippen LogP contribution in [0.1, 0.15) is 82.8 Å². The number of thiol groups is 1. The number of hydrogen-bond donors (Lipinski definition) is 6. The van der Waals surface area contributed by atoms with E-state index in [0.29, 0.717) is 131 Å². The second-order valence-corrected chi connectivity index (χ2v) is 28.2. The van der Waals surface area contributed by atoms with E-state index in [4.69, 9.17) is 70.8 Å². The summed E-state index contributed by atoms with van der Waals surface area (Å²) in [5.74, 6) is -10.0. The number of carbonyl (C=O) groups excluding carboxylic acids is 8. The van der Waals surface area contributed by atoms with Gasteiger partial charge in [0.25, 0.3) is 0 Å². The van der Waals surface area contributed by atoms with Crippen LogP contribution in [0, 0.1) is 23.5 Å². The second-order valence-electron chi connectivity index (χ2n) is 26.6. The van der Waals surface area contributed by atoms with Gasteiger partial charge in [-0.3, -0.25) is 33.6 Å². The van der Waals surface area contributed by atoms with Gasteiger partial charge in [0, 0.05) is 114 Å². The topological polar surface area (TPSA) is 400 Å². The maximum Gasteiger partial charge on any atom is 0.373 e. The monoisotopic (exact) mass is 1720 g/mol. The number of fused-ring (bicyclic) bond motifs is 2. The standard InChI is InChI=1S/C53H60F2N2O15S.C30H49NO10S.CO2.2B/c1-2-3-14-66-16-18-68-20-22-70-24-25-71-23-21-69-19-17-67-15-13-38(58)27-36(26-34-7-5-4-6-8-34)51(62)56-43(53(64)65)33-73-48-32-49(61)57(52(48)63)37-11-9-35(10-12-37)50-39-28-41(54)44(59)30-46(39)72-47-31-45(60)42(55)29-40(47)50;1-2-3-10-36-12-14-38-16-18-40-20-21-41-19-17-39-15-13-37-11-9-27(32)23-26(22-25-7-5-4-6-8-25)29(33)31-28(24-42)30(34)35;2-1-3;;/h4-12,28-31,36,43,48,59H,2-3,13-27,32-33H2,1H3,(H,56,62)(H,64,65);4-8,26,28,42H,2-3,9-24H2,1H3,(H,31,33)(H,34,35);;;/t36-,43+,48?;26-,28+;;;/m11.../s1. The number of anilines is 1. The quantitative estimate of drug-likeness (QED) is 0.00696. The third-order valence-electron chi connectivity index (χ3n) is 17.6. The Morgan fingerprint density at radius 2 is 0.917 bits per heavy atom. The van der Waals surface area contributed by atoms with E-state index in [-0.39, 0.29) is 145 Å². The van der Waals surface area contributed by atoms with Gasteiger partial charge < -0.3 is 87.2 Å². The Bertz CT molecular complexity index is 4030. The lowest BCUT2D eigenvalue weighted by molar-refractivity contribution is -0.192. The Labute approximate surface area is 710 Å². The molecule has 654 valence electrons. The number of carboxylic acid groups (broad SMARTS) is 2. The van der Waals surface area contributed by atoms with Gasteiger partial charge in [-0.25, -0.2) is 23.3 Å². The van der Waals surface area contributed by atoms with E-state index < -0.39 is 87.5 Å². The predicted molar refractivity (Wildman–Crippen MR) is 444 cm³/mol. The number of phenolic OH excluding ortho intramolecular Hbond substituents is 1. The van der Waals surface area contributed by atoms with Crippen molar-refractivity contribution in [2.24, 2.45) is 11.8 Å². The minimum atomic E-state index is -1.48. The number of thioether (sulfide) groups is 1. The summed E-state index contributed by atoms with van der Waals surface area (Å²) >= 11 is 4.88. The number of phenols is 1. The molecule has 120 heavy (non-hydrogen) atoms. The van der Waals surface area contributed by atoms with Crippen LogP contribution in [0.5, 0.6) is 5.75 Å². The molecule has 3 aliphatic rings. The SMILES string of the molecule is CCCCOCCOCCOCCOCCOCCOCCC(=O)C[C@@H](Cc1ccccc1)C(=O)N[C@@H](CS)C(=O)O.CCCCOCCOCCOCCOCCOCCOCCC(=O)C[C@@H](Cc1ccccc1)C(=O)N[C@@H](CSC1CC(=O)N(c2ccc(-c3c4cc(F)c(=O)cc-4oc4cc(O)c(F)cc34)cc2)C1=O)C(=O)O.O=C=O.[B].[B]. The molecule has 4 aromatic rings. The van der Waals surface area contributed by atoms with Gasteiger partial charge in [0.2, 0.25) is 29.1 Å². The van der Waals surface area contributed by atoms with Crippen molar-refractivity contribution in [3.05, 3.63) is 142 Å². The smallest absolute Gasteiger partial charge is 0.373 e. The van der Waals surface area contributed by atoms with Crippen LogP contribution in [0.3, 0.4) is 0 Å². The van der Waals surface area contributed by atoms with Crippen LogP contribution in [0.15, 0.2) is 118 Å². The van der Waals surface area contributed by atoms with Crippen molar-refractivity contribution in [3.63, 3.8) is 0 Å². The summed E-state index contributed by atoms with van der Waals surface area (Å²) in [6, 6.07) is 25.5. The number of aliphatic carboxylic acids is 2. The number of carbonyl (C=O) groups is 8. The molecule has 0 bridgehead atoms. The molecule has 0 saturated carbocycles. The molecule has 7 rings (SSSR count). The summed E-state index contributed by atoms with van der Waals surface area (Å²) in [7, 11) is 0. The van der Waals surface area contributed by atoms with E-state index in [1.54, 1.807) is 30.3 Å². The Morgan fingerprint density at radius 1 is 0.533 bits per heavy atom. The third kappa shape index (κ3) is 41.3. The van der Waals surface area contributed by atoms with Crippen LogP contribution >= 0.6 is 24.4 Å². The van der Waals surface area contributed by atoms with Crippen LogP contribution < -0.4 is 21.0 Å². The number of imide groups is 1. The maximum absolute atomic E-state index is 14.6. The zero-order chi connectivity index (χ0) is 85.5. The van der Waals surface area contributed by atoms with Crippen LogP contribution in [-0.4, -0.2) is 273 Å². The first-order chi connectivity index (χ1) is 57.2. The molecule has 1 saturated heterocycles. The van der Waals surface area contributed by atoms with Gasteiger partial charge in [0.1, 0.15) is 35.0 Å². The first-order valence-electron chi connectivity index (χ1n) is 39.1. The Kier molecular flexibility index (Phi) is 55.7. The first-order valence-corrected chi connectivity index (χ1v) is 40.8. The summed E-state index contributed by atoms with van der Waals surface area (Å²) < 4.78 is 101. The fraction of sp³-hybridized carbons (Fsp3) is 0.524. The number of ketones is 2. The van der Waals surface area contributed by atoms with Gasteiger partial charge in [-0.1, -0.05) is 99.5 Å². The number of nitrogens with zero attached hydrogens (tertiary/aromatic N) is 1. The van der Waals surface area contributed by atoms with Gasteiger partial charge in [0.15, 0.2) is 17.4 Å². The molecule has 36 heteroatoms. The molecule has 2 aliphatic heterocycles. The first kappa shape index (κ1) is 106. The fourth-order valence-corrected chi connectivity index (χ4v) is 12.9. The number of nitrogens with one attached hydrogen (secondary N) is 2. The van der Waals surface area contributed by atoms with Gasteiger partial charge in [-0.2, -0.15) is 22.2 Å². The number of hydrogen-bond acceptors (Lipinski definition) is 27. The maximum atomic E-state index is 14.6. The van der Waals surface area contributed by atoms with Crippen molar-refractivity contribution in [1.82, 2.24) is 10.6 Å². The number of aromatic hydroxyl groups is 1. The van der Waals surface area contributed by atoms with E-state index in [2.05, 4.69) is 37.1 Å². The summed E-state index contributed by atoms with van der Waals surface area (Å²) in [6.07, 6.45) is 4.76. The van der Waals surface area contributed by atoms with Gasteiger partial charge in [0.05, 0.1) is 156 Å². The zero-order valence-electron chi connectivity index (χ0n) is 67.8. The molecular formula is C84H109B2F2N3O27S2. The highest BCUT2D eigenvalue weighted by molar-refractivity contribution is 8.00. The van der Waals surface area contributed by atoms with E-state index in [0.717, 1.165) is 91.0 Å². The van der Waals surface area contributed by atoms with Crippen LogP contribution in [0.2, 0.25) is 0 Å².